The van der Waals surface area contributed by atoms with Crippen LogP contribution in [0.1, 0.15) is 57.4 Å². The van der Waals surface area contributed by atoms with Gasteiger partial charge in [-0.25, -0.2) is 4.79 Å². The van der Waals surface area contributed by atoms with Gasteiger partial charge in [0.2, 0.25) is 5.91 Å². The Morgan fingerprint density at radius 1 is 1.19 bits per heavy atom. The van der Waals surface area contributed by atoms with E-state index in [-0.39, 0.29) is 11.5 Å². The molecule has 7 nitrogen and oxygen atoms in total. The highest BCUT2D eigenvalue weighted by Crippen LogP contribution is 2.44. The molecule has 31 heavy (non-hydrogen) atoms. The first-order valence-electron chi connectivity index (χ1n) is 11.5. The van der Waals surface area contributed by atoms with Crippen LogP contribution in [0.2, 0.25) is 0 Å². The Bertz CT molecular complexity index is 845. The summed E-state index contributed by atoms with van der Waals surface area (Å²) in [6.45, 7) is 6.46. The highest BCUT2D eigenvalue weighted by molar-refractivity contribution is 5.87. The van der Waals surface area contributed by atoms with Crippen LogP contribution < -0.4 is 10.2 Å². The third-order valence-electron chi connectivity index (χ3n) is 7.57. The molecule has 1 aliphatic carbocycles. The smallest absolute Gasteiger partial charge is 0.411 e. The number of amides is 2. The quantitative estimate of drug-likeness (QED) is 0.766. The second-order valence-electron chi connectivity index (χ2n) is 9.90. The van der Waals surface area contributed by atoms with Crippen molar-refractivity contribution in [3.63, 3.8) is 0 Å². The first-order valence-corrected chi connectivity index (χ1v) is 11.5. The molecular formula is C24H35N3O4. The summed E-state index contributed by atoms with van der Waals surface area (Å²) in [5, 5.41) is 13.0. The number of nitrogens with one attached hydrogen (secondary N) is 1. The summed E-state index contributed by atoms with van der Waals surface area (Å²) in [6.07, 6.45) is 5.71. The number of benzene rings is 1. The lowest BCUT2D eigenvalue weighted by Gasteiger charge is -2.42. The van der Waals surface area contributed by atoms with Gasteiger partial charge in [0.1, 0.15) is 0 Å². The fourth-order valence-electron chi connectivity index (χ4n) is 5.71. The lowest BCUT2D eigenvalue weighted by atomic mass is 9.78. The predicted octanol–water partition coefficient (Wildman–Crippen LogP) is 3.69. The molecule has 1 aromatic carbocycles. The second kappa shape index (κ2) is 8.34. The summed E-state index contributed by atoms with van der Waals surface area (Å²) in [4.78, 5) is 29.5. The first kappa shape index (κ1) is 21.9. The number of carbonyl (C=O) groups excluding carboxylic acids is 2. The van der Waals surface area contributed by atoms with Crippen LogP contribution in [0, 0.1) is 12.3 Å². The van der Waals surface area contributed by atoms with Crippen molar-refractivity contribution >= 4 is 23.4 Å². The van der Waals surface area contributed by atoms with Gasteiger partial charge in [0.05, 0.1) is 18.1 Å². The summed E-state index contributed by atoms with van der Waals surface area (Å²) >= 11 is 0. The molecule has 170 valence electrons. The Morgan fingerprint density at radius 3 is 2.61 bits per heavy atom. The minimum atomic E-state index is -0.578. The maximum Gasteiger partial charge on any atom is 0.411 e. The van der Waals surface area contributed by atoms with Crippen molar-refractivity contribution in [1.29, 1.82) is 0 Å². The Balaban J connectivity index is 1.46. The van der Waals surface area contributed by atoms with Crippen molar-refractivity contribution in [3.8, 4) is 0 Å². The van der Waals surface area contributed by atoms with E-state index in [2.05, 4.69) is 19.9 Å². The molecule has 3 fully saturated rings. The van der Waals surface area contributed by atoms with E-state index in [4.69, 9.17) is 0 Å². The standard InChI is InChI=1S/C24H35N3O4/c1-17-15-18(25-22(29)31-3)5-6-20(17)26-13-4-9-24(16-26)12-14-27(21(24)28)19-7-10-23(2,30)11-8-19/h5-6,15,19,30H,4,7-14,16H2,1-3H3,(H,25,29)/t19?,23?,24-/m1/s1. The monoisotopic (exact) mass is 429 g/mol. The summed E-state index contributed by atoms with van der Waals surface area (Å²) in [5.41, 5.74) is 2.02. The molecule has 1 aromatic rings. The maximum absolute atomic E-state index is 13.6. The Hall–Kier alpha value is -2.28. The van der Waals surface area contributed by atoms with Crippen LogP contribution in [0.25, 0.3) is 0 Å². The molecule has 2 saturated heterocycles. The van der Waals surface area contributed by atoms with Gasteiger partial charge in [0.15, 0.2) is 0 Å². The van der Waals surface area contributed by atoms with E-state index in [1.165, 1.54) is 7.11 Å². The Morgan fingerprint density at radius 2 is 1.94 bits per heavy atom. The summed E-state index contributed by atoms with van der Waals surface area (Å²) in [5.74, 6) is 0.311. The number of anilines is 2. The zero-order chi connectivity index (χ0) is 22.2. The summed E-state index contributed by atoms with van der Waals surface area (Å²) in [6, 6.07) is 6.13. The number of nitrogens with zero attached hydrogens (tertiary/aromatic N) is 2. The van der Waals surface area contributed by atoms with E-state index >= 15 is 0 Å². The molecule has 4 rings (SSSR count). The third kappa shape index (κ3) is 4.38. The van der Waals surface area contributed by atoms with Gasteiger partial charge < -0.3 is 19.6 Å². The highest BCUT2D eigenvalue weighted by Gasteiger charge is 2.51. The van der Waals surface area contributed by atoms with Crippen LogP contribution in [-0.4, -0.2) is 60.4 Å². The summed E-state index contributed by atoms with van der Waals surface area (Å²) < 4.78 is 4.67. The maximum atomic E-state index is 13.6. The molecule has 2 heterocycles. The molecule has 0 radical (unpaired) electrons. The van der Waals surface area contributed by atoms with Crippen molar-refractivity contribution in [2.45, 2.75) is 70.4 Å². The minimum Gasteiger partial charge on any atom is -0.453 e. The van der Waals surface area contributed by atoms with Crippen LogP contribution in [0.5, 0.6) is 0 Å². The molecular weight excluding hydrogens is 394 g/mol. The molecule has 3 aliphatic rings. The zero-order valence-corrected chi connectivity index (χ0v) is 18.9. The molecule has 2 N–H and O–H groups in total. The molecule has 2 aliphatic heterocycles. The number of carbonyl (C=O) groups is 2. The van der Waals surface area contributed by atoms with Crippen LogP contribution in [-0.2, 0) is 9.53 Å². The molecule has 7 heteroatoms. The van der Waals surface area contributed by atoms with E-state index in [0.717, 1.165) is 75.8 Å². The number of hydrogen-bond acceptors (Lipinski definition) is 5. The molecule has 0 aromatic heterocycles. The molecule has 1 spiro atoms. The largest absolute Gasteiger partial charge is 0.453 e. The fraction of sp³-hybridized carbons (Fsp3) is 0.667. The number of ether oxygens (including phenoxy) is 1. The lowest BCUT2D eigenvalue weighted by molar-refractivity contribution is -0.140. The average molecular weight is 430 g/mol. The van der Waals surface area contributed by atoms with Gasteiger partial charge in [-0.2, -0.15) is 0 Å². The second-order valence-corrected chi connectivity index (χ2v) is 9.90. The topological polar surface area (TPSA) is 82.1 Å². The van der Waals surface area contributed by atoms with E-state index in [9.17, 15) is 14.7 Å². The third-order valence-corrected chi connectivity index (χ3v) is 7.57. The first-order chi connectivity index (χ1) is 14.7. The van der Waals surface area contributed by atoms with Crippen LogP contribution in [0.15, 0.2) is 18.2 Å². The number of methoxy groups -OCH3 is 1. The fourth-order valence-corrected chi connectivity index (χ4v) is 5.71. The molecule has 2 amide bonds. The summed E-state index contributed by atoms with van der Waals surface area (Å²) in [7, 11) is 1.35. The van der Waals surface area contributed by atoms with Crippen molar-refractivity contribution in [1.82, 2.24) is 4.90 Å². The van der Waals surface area contributed by atoms with Gasteiger partial charge in [-0.3, -0.25) is 10.1 Å². The van der Waals surface area contributed by atoms with Crippen molar-refractivity contribution < 1.29 is 19.4 Å². The van der Waals surface area contributed by atoms with E-state index in [1.807, 2.05) is 32.0 Å². The average Bonchev–Trinajstić information content (AvgIpc) is 3.03. The van der Waals surface area contributed by atoms with Gasteiger partial charge in [0.25, 0.3) is 0 Å². The molecule has 1 saturated carbocycles. The van der Waals surface area contributed by atoms with Gasteiger partial charge in [-0.15, -0.1) is 0 Å². The van der Waals surface area contributed by atoms with E-state index in [1.54, 1.807) is 0 Å². The van der Waals surface area contributed by atoms with Crippen LogP contribution in [0.3, 0.4) is 0 Å². The van der Waals surface area contributed by atoms with Crippen molar-refractivity contribution in [3.05, 3.63) is 23.8 Å². The molecule has 0 bridgehead atoms. The normalized spacial score (nSPS) is 31.2. The van der Waals surface area contributed by atoms with E-state index < -0.39 is 11.7 Å². The zero-order valence-electron chi connectivity index (χ0n) is 18.9. The number of aliphatic hydroxyl groups is 1. The van der Waals surface area contributed by atoms with Crippen LogP contribution in [0.4, 0.5) is 16.2 Å². The predicted molar refractivity (Wildman–Crippen MR) is 120 cm³/mol. The van der Waals surface area contributed by atoms with Crippen LogP contribution >= 0.6 is 0 Å². The van der Waals surface area contributed by atoms with Gasteiger partial charge in [-0.1, -0.05) is 0 Å². The van der Waals surface area contributed by atoms with Crippen molar-refractivity contribution in [2.24, 2.45) is 5.41 Å². The number of hydrogen-bond donors (Lipinski definition) is 2. The molecule has 0 unspecified atom stereocenters. The number of likely N-dealkylation sites (tertiary alicyclic amines) is 1. The highest BCUT2D eigenvalue weighted by atomic mass is 16.5. The lowest BCUT2D eigenvalue weighted by Crippen LogP contribution is -2.50. The minimum absolute atomic E-state index is 0.271. The van der Waals surface area contributed by atoms with E-state index in [0.29, 0.717) is 11.6 Å². The number of rotatable bonds is 3. The molecule has 1 atom stereocenters. The Labute approximate surface area is 184 Å². The van der Waals surface area contributed by atoms with Gasteiger partial charge in [0, 0.05) is 37.1 Å². The SMILES string of the molecule is COC(=O)Nc1ccc(N2CCC[C@@]3(CCN(C4CCC(C)(O)CC4)C3=O)C2)c(C)c1. The van der Waals surface area contributed by atoms with Crippen molar-refractivity contribution in [2.75, 3.05) is 37.0 Å². The number of piperidine rings is 1. The van der Waals surface area contributed by atoms with Gasteiger partial charge >= 0.3 is 6.09 Å². The van der Waals surface area contributed by atoms with Gasteiger partial charge in [-0.05, 0) is 82.6 Å². The Kier molecular flexibility index (Phi) is 5.90. The number of aryl methyl sites for hydroxylation is 1.